The summed E-state index contributed by atoms with van der Waals surface area (Å²) >= 11 is 0. The minimum Gasteiger partial charge on any atom is -0.466 e. The van der Waals surface area contributed by atoms with E-state index in [1.54, 1.807) is 0 Å². The summed E-state index contributed by atoms with van der Waals surface area (Å²) in [6, 6.07) is 15.4. The second kappa shape index (κ2) is 9.01. The summed E-state index contributed by atoms with van der Waals surface area (Å²) in [7, 11) is 0. The molecule has 2 fully saturated rings. The Kier molecular flexibility index (Phi) is 6.22. The Balaban J connectivity index is 1.50. The molecule has 4 rings (SSSR count). The van der Waals surface area contributed by atoms with Crippen molar-refractivity contribution in [2.45, 2.75) is 25.4 Å². The highest BCUT2D eigenvalue weighted by Crippen LogP contribution is 2.32. The number of hydrazine groups is 1. The molecule has 2 aromatic rings. The standard InChI is InChI=1S/C22H29N3O3/c1-2-28-21(26)12-18-15-27-11-10-25(18)14-17-13-23-24-22(17)20-9-5-7-16-6-3-4-8-19(16)20/h3-9,17-18,22-24H,2,10-15H2,1H3. The third-order valence-electron chi connectivity index (χ3n) is 5.78. The lowest BCUT2D eigenvalue weighted by Crippen LogP contribution is -2.49. The van der Waals surface area contributed by atoms with Gasteiger partial charge in [0, 0.05) is 31.6 Å². The maximum atomic E-state index is 12.0. The number of carbonyl (C=O) groups is 1. The van der Waals surface area contributed by atoms with Crippen LogP contribution in [0.5, 0.6) is 0 Å². The Hall–Kier alpha value is -1.99. The molecule has 3 atom stereocenters. The van der Waals surface area contributed by atoms with Crippen LogP contribution in [-0.4, -0.2) is 56.4 Å². The van der Waals surface area contributed by atoms with Crippen LogP contribution in [0.2, 0.25) is 0 Å². The lowest BCUT2D eigenvalue weighted by Gasteiger charge is -2.37. The molecule has 0 aromatic heterocycles. The molecule has 0 aliphatic carbocycles. The molecule has 2 aliphatic heterocycles. The fourth-order valence-corrected chi connectivity index (χ4v) is 4.39. The van der Waals surface area contributed by atoms with Crippen molar-refractivity contribution in [2.75, 3.05) is 39.5 Å². The molecule has 0 amide bonds. The largest absolute Gasteiger partial charge is 0.466 e. The van der Waals surface area contributed by atoms with Crippen LogP contribution < -0.4 is 10.9 Å². The van der Waals surface area contributed by atoms with Gasteiger partial charge in [-0.25, -0.2) is 5.43 Å². The minimum atomic E-state index is -0.142. The number of nitrogens with one attached hydrogen (secondary N) is 2. The van der Waals surface area contributed by atoms with Gasteiger partial charge in [0.25, 0.3) is 0 Å². The molecular weight excluding hydrogens is 354 g/mol. The molecule has 150 valence electrons. The van der Waals surface area contributed by atoms with E-state index >= 15 is 0 Å². The fraction of sp³-hybridized carbons (Fsp3) is 0.500. The molecule has 28 heavy (non-hydrogen) atoms. The van der Waals surface area contributed by atoms with Gasteiger partial charge in [0.15, 0.2) is 0 Å². The first-order chi connectivity index (χ1) is 13.8. The Labute approximate surface area is 166 Å². The van der Waals surface area contributed by atoms with Gasteiger partial charge >= 0.3 is 5.97 Å². The summed E-state index contributed by atoms with van der Waals surface area (Å²) in [6.07, 6.45) is 0.389. The predicted octanol–water partition coefficient (Wildman–Crippen LogP) is 2.26. The van der Waals surface area contributed by atoms with Crippen molar-refractivity contribution in [1.82, 2.24) is 15.8 Å². The third kappa shape index (κ3) is 4.20. The second-order valence-electron chi connectivity index (χ2n) is 7.56. The lowest BCUT2D eigenvalue weighted by atomic mass is 9.90. The monoisotopic (exact) mass is 383 g/mol. The van der Waals surface area contributed by atoms with E-state index in [4.69, 9.17) is 9.47 Å². The Morgan fingerprint density at radius 3 is 3.00 bits per heavy atom. The van der Waals surface area contributed by atoms with E-state index in [2.05, 4.69) is 58.2 Å². The first kappa shape index (κ1) is 19.3. The molecular formula is C22H29N3O3. The summed E-state index contributed by atoms with van der Waals surface area (Å²) in [5, 5.41) is 2.56. The molecule has 2 aliphatic rings. The van der Waals surface area contributed by atoms with Gasteiger partial charge in [-0.2, -0.15) is 0 Å². The number of hydrogen-bond acceptors (Lipinski definition) is 6. The Bertz CT molecular complexity index is 807. The second-order valence-corrected chi connectivity index (χ2v) is 7.56. The predicted molar refractivity (Wildman–Crippen MR) is 109 cm³/mol. The van der Waals surface area contributed by atoms with Crippen LogP contribution in [0, 0.1) is 5.92 Å². The smallest absolute Gasteiger partial charge is 0.307 e. The zero-order valence-electron chi connectivity index (χ0n) is 16.4. The third-order valence-corrected chi connectivity index (χ3v) is 5.78. The van der Waals surface area contributed by atoms with Crippen LogP contribution in [0.4, 0.5) is 0 Å². The zero-order chi connectivity index (χ0) is 19.3. The van der Waals surface area contributed by atoms with Crippen LogP contribution >= 0.6 is 0 Å². The highest BCUT2D eigenvalue weighted by Gasteiger charge is 2.34. The number of ether oxygens (including phenoxy) is 2. The first-order valence-corrected chi connectivity index (χ1v) is 10.2. The van der Waals surface area contributed by atoms with Crippen LogP contribution in [0.3, 0.4) is 0 Å². The van der Waals surface area contributed by atoms with Gasteiger partial charge in [0.1, 0.15) is 0 Å². The molecule has 2 aromatic carbocycles. The van der Waals surface area contributed by atoms with Crippen LogP contribution in [0.15, 0.2) is 42.5 Å². The lowest BCUT2D eigenvalue weighted by molar-refractivity contribution is -0.146. The van der Waals surface area contributed by atoms with E-state index in [0.717, 1.165) is 19.6 Å². The number of carbonyl (C=O) groups excluding carboxylic acids is 1. The SMILES string of the molecule is CCOC(=O)CC1COCCN1CC1CNNC1c1cccc2ccccc12. The maximum Gasteiger partial charge on any atom is 0.307 e. The van der Waals surface area contributed by atoms with Gasteiger partial charge in [0.05, 0.1) is 32.3 Å². The van der Waals surface area contributed by atoms with E-state index in [1.807, 2.05) is 6.92 Å². The van der Waals surface area contributed by atoms with E-state index in [1.165, 1.54) is 16.3 Å². The van der Waals surface area contributed by atoms with Gasteiger partial charge in [-0.15, -0.1) is 0 Å². The molecule has 0 saturated carbocycles. The van der Waals surface area contributed by atoms with Gasteiger partial charge < -0.3 is 9.47 Å². The van der Waals surface area contributed by atoms with E-state index in [9.17, 15) is 4.79 Å². The average molecular weight is 383 g/mol. The van der Waals surface area contributed by atoms with Crippen molar-refractivity contribution in [3.8, 4) is 0 Å². The topological polar surface area (TPSA) is 62.8 Å². The Morgan fingerprint density at radius 1 is 1.25 bits per heavy atom. The maximum absolute atomic E-state index is 12.0. The minimum absolute atomic E-state index is 0.0848. The number of morpholine rings is 1. The van der Waals surface area contributed by atoms with Crippen molar-refractivity contribution in [1.29, 1.82) is 0 Å². The molecule has 6 nitrogen and oxygen atoms in total. The van der Waals surface area contributed by atoms with Crippen molar-refractivity contribution < 1.29 is 14.3 Å². The van der Waals surface area contributed by atoms with Gasteiger partial charge in [-0.05, 0) is 23.3 Å². The molecule has 0 spiro atoms. The molecule has 0 radical (unpaired) electrons. The number of fused-ring (bicyclic) bond motifs is 1. The summed E-state index contributed by atoms with van der Waals surface area (Å²) in [4.78, 5) is 14.4. The Morgan fingerprint density at radius 2 is 2.11 bits per heavy atom. The van der Waals surface area contributed by atoms with Crippen molar-refractivity contribution in [3.63, 3.8) is 0 Å². The van der Waals surface area contributed by atoms with Crippen LogP contribution in [0.1, 0.15) is 24.9 Å². The van der Waals surface area contributed by atoms with Crippen LogP contribution in [0.25, 0.3) is 10.8 Å². The summed E-state index contributed by atoms with van der Waals surface area (Å²) < 4.78 is 10.8. The van der Waals surface area contributed by atoms with E-state index in [0.29, 0.717) is 32.2 Å². The van der Waals surface area contributed by atoms with Gasteiger partial charge in [-0.1, -0.05) is 42.5 Å². The normalized spacial score (nSPS) is 25.8. The highest BCUT2D eigenvalue weighted by molar-refractivity contribution is 5.86. The summed E-state index contributed by atoms with van der Waals surface area (Å²) in [5.74, 6) is 0.268. The van der Waals surface area contributed by atoms with Crippen LogP contribution in [-0.2, 0) is 14.3 Å². The number of benzene rings is 2. The highest BCUT2D eigenvalue weighted by atomic mass is 16.5. The summed E-state index contributed by atoms with van der Waals surface area (Å²) in [5.41, 5.74) is 8.16. The number of rotatable bonds is 6. The van der Waals surface area contributed by atoms with Gasteiger partial charge in [0.2, 0.25) is 0 Å². The molecule has 0 bridgehead atoms. The van der Waals surface area contributed by atoms with E-state index in [-0.39, 0.29) is 18.1 Å². The molecule has 6 heteroatoms. The number of hydrogen-bond donors (Lipinski definition) is 2. The van der Waals surface area contributed by atoms with Crippen molar-refractivity contribution >= 4 is 16.7 Å². The van der Waals surface area contributed by atoms with Gasteiger partial charge in [-0.3, -0.25) is 15.1 Å². The van der Waals surface area contributed by atoms with E-state index < -0.39 is 0 Å². The summed E-state index contributed by atoms with van der Waals surface area (Å²) in [6.45, 7) is 6.24. The molecule has 2 saturated heterocycles. The average Bonchev–Trinajstić information content (AvgIpc) is 3.17. The number of nitrogens with zero attached hydrogens (tertiary/aromatic N) is 1. The van der Waals surface area contributed by atoms with Crippen molar-refractivity contribution in [3.05, 3.63) is 48.0 Å². The fourth-order valence-electron chi connectivity index (χ4n) is 4.39. The zero-order valence-corrected chi connectivity index (χ0v) is 16.4. The van der Waals surface area contributed by atoms with Crippen molar-refractivity contribution in [2.24, 2.45) is 5.92 Å². The molecule has 2 heterocycles. The molecule has 2 N–H and O–H groups in total. The first-order valence-electron chi connectivity index (χ1n) is 10.2. The molecule has 3 unspecified atom stereocenters. The number of esters is 1. The quantitative estimate of drug-likeness (QED) is 0.746.